The molecule has 1 heteroatoms. The molecule has 0 radical (unpaired) electrons. The number of hydrogen-bond donors (Lipinski definition) is 0. The molecule has 0 nitrogen and oxygen atoms in total. The molecule has 0 unspecified atom stereocenters. The summed E-state index contributed by atoms with van der Waals surface area (Å²) in [4.78, 5) is 0. The molecule has 1 aromatic rings. The van der Waals surface area contributed by atoms with Crippen molar-refractivity contribution < 1.29 is 4.39 Å². The molecule has 0 aromatic heterocycles. The highest BCUT2D eigenvalue weighted by molar-refractivity contribution is 5.36. The molecule has 1 fully saturated rings. The van der Waals surface area contributed by atoms with Crippen molar-refractivity contribution in [2.75, 3.05) is 0 Å². The van der Waals surface area contributed by atoms with E-state index in [1.54, 1.807) is 13.8 Å². The van der Waals surface area contributed by atoms with Crippen molar-refractivity contribution in [3.63, 3.8) is 0 Å². The van der Waals surface area contributed by atoms with Gasteiger partial charge in [-0.3, -0.25) is 0 Å². The lowest BCUT2D eigenvalue weighted by Crippen LogP contribution is -2.31. The van der Waals surface area contributed by atoms with Gasteiger partial charge in [0.1, 0.15) is 5.67 Å². The summed E-state index contributed by atoms with van der Waals surface area (Å²) < 4.78 is 14.0. The smallest absolute Gasteiger partial charge is 0.115 e. The molecule has 1 aliphatic rings. The number of aryl methyl sites for hydroxylation is 1. The SMILES string of the molecule is Cc1ccc(C2(C(C)(C)F)CC2)cc1. The van der Waals surface area contributed by atoms with E-state index in [4.69, 9.17) is 0 Å². The Kier molecular flexibility index (Phi) is 1.95. The van der Waals surface area contributed by atoms with Gasteiger partial charge in [0.15, 0.2) is 0 Å². The van der Waals surface area contributed by atoms with Crippen molar-refractivity contribution in [3.05, 3.63) is 35.4 Å². The van der Waals surface area contributed by atoms with Gasteiger partial charge in [-0.1, -0.05) is 29.8 Å². The fourth-order valence-electron chi connectivity index (χ4n) is 2.22. The number of hydrogen-bond acceptors (Lipinski definition) is 0. The fourth-order valence-corrected chi connectivity index (χ4v) is 2.22. The molecule has 0 aliphatic heterocycles. The van der Waals surface area contributed by atoms with E-state index in [9.17, 15) is 4.39 Å². The van der Waals surface area contributed by atoms with Gasteiger partial charge in [0.05, 0.1) is 0 Å². The highest BCUT2D eigenvalue weighted by Gasteiger charge is 2.56. The van der Waals surface area contributed by atoms with Crippen molar-refractivity contribution in [1.29, 1.82) is 0 Å². The van der Waals surface area contributed by atoms with Crippen LogP contribution in [0.3, 0.4) is 0 Å². The van der Waals surface area contributed by atoms with Crippen LogP contribution in [0.15, 0.2) is 24.3 Å². The zero-order valence-corrected chi connectivity index (χ0v) is 9.10. The van der Waals surface area contributed by atoms with E-state index in [1.165, 1.54) is 5.56 Å². The van der Waals surface area contributed by atoms with Crippen LogP contribution in [0.5, 0.6) is 0 Å². The van der Waals surface area contributed by atoms with Gasteiger partial charge in [0.2, 0.25) is 0 Å². The normalized spacial score (nSPS) is 19.4. The van der Waals surface area contributed by atoms with Gasteiger partial charge in [-0.15, -0.1) is 0 Å². The lowest BCUT2D eigenvalue weighted by Gasteiger charge is -2.27. The average molecular weight is 192 g/mol. The first-order valence-corrected chi connectivity index (χ1v) is 5.22. The second kappa shape index (κ2) is 2.82. The van der Waals surface area contributed by atoms with Crippen molar-refractivity contribution in [1.82, 2.24) is 0 Å². The molecule has 0 N–H and O–H groups in total. The fraction of sp³-hybridized carbons (Fsp3) is 0.538. The van der Waals surface area contributed by atoms with E-state index in [-0.39, 0.29) is 5.41 Å². The van der Waals surface area contributed by atoms with E-state index in [0.29, 0.717) is 0 Å². The summed E-state index contributed by atoms with van der Waals surface area (Å²) in [5, 5.41) is 0. The summed E-state index contributed by atoms with van der Waals surface area (Å²) in [6.07, 6.45) is 1.97. The molecular formula is C13H17F. The number of rotatable bonds is 2. The maximum Gasteiger partial charge on any atom is 0.115 e. The largest absolute Gasteiger partial charge is 0.244 e. The van der Waals surface area contributed by atoms with Crippen molar-refractivity contribution >= 4 is 0 Å². The number of alkyl halides is 1. The van der Waals surface area contributed by atoms with Crippen LogP contribution >= 0.6 is 0 Å². The molecule has 1 aromatic carbocycles. The third-order valence-corrected chi connectivity index (χ3v) is 3.49. The van der Waals surface area contributed by atoms with E-state index in [0.717, 1.165) is 18.4 Å². The van der Waals surface area contributed by atoms with Gasteiger partial charge in [0.25, 0.3) is 0 Å². The predicted molar refractivity (Wildman–Crippen MR) is 57.3 cm³/mol. The highest BCUT2D eigenvalue weighted by atomic mass is 19.1. The Morgan fingerprint density at radius 1 is 1.14 bits per heavy atom. The Hall–Kier alpha value is -0.850. The molecule has 0 atom stereocenters. The minimum atomic E-state index is -1.09. The Balaban J connectivity index is 2.36. The van der Waals surface area contributed by atoms with Crippen LogP contribution in [0, 0.1) is 6.92 Å². The summed E-state index contributed by atoms with van der Waals surface area (Å²) in [5.41, 5.74) is 1.11. The number of halogens is 1. The van der Waals surface area contributed by atoms with Gasteiger partial charge < -0.3 is 0 Å². The molecule has 0 heterocycles. The summed E-state index contributed by atoms with van der Waals surface area (Å²) in [6.45, 7) is 5.45. The van der Waals surface area contributed by atoms with Gasteiger partial charge >= 0.3 is 0 Å². The molecule has 1 saturated carbocycles. The molecule has 1 aliphatic carbocycles. The quantitative estimate of drug-likeness (QED) is 0.669. The summed E-state index contributed by atoms with van der Waals surface area (Å²) >= 11 is 0. The Morgan fingerprint density at radius 2 is 1.64 bits per heavy atom. The zero-order chi connectivity index (χ0) is 10.4. The maximum absolute atomic E-state index is 14.0. The third kappa shape index (κ3) is 1.35. The first kappa shape index (κ1) is 9.70. The van der Waals surface area contributed by atoms with Crippen molar-refractivity contribution in [3.8, 4) is 0 Å². The van der Waals surface area contributed by atoms with Crippen LogP contribution < -0.4 is 0 Å². The van der Waals surface area contributed by atoms with Gasteiger partial charge in [-0.2, -0.15) is 0 Å². The Bertz CT molecular complexity index is 325. The molecule has 0 spiro atoms. The predicted octanol–water partition coefficient (Wildman–Crippen LogP) is 3.77. The molecule has 2 rings (SSSR count). The van der Waals surface area contributed by atoms with E-state index < -0.39 is 5.67 Å². The van der Waals surface area contributed by atoms with Gasteiger partial charge in [0, 0.05) is 5.41 Å². The summed E-state index contributed by atoms with van der Waals surface area (Å²) in [7, 11) is 0. The molecule has 0 saturated heterocycles. The lowest BCUT2D eigenvalue weighted by atomic mass is 9.82. The zero-order valence-electron chi connectivity index (χ0n) is 9.10. The van der Waals surface area contributed by atoms with E-state index >= 15 is 0 Å². The molecule has 0 amide bonds. The minimum Gasteiger partial charge on any atom is -0.244 e. The van der Waals surface area contributed by atoms with Crippen LogP contribution in [0.25, 0.3) is 0 Å². The Morgan fingerprint density at radius 3 is 2.00 bits per heavy atom. The van der Waals surface area contributed by atoms with Crippen LogP contribution in [-0.2, 0) is 5.41 Å². The first-order chi connectivity index (χ1) is 6.46. The average Bonchev–Trinajstić information content (AvgIpc) is 2.84. The molecule has 76 valence electrons. The van der Waals surface area contributed by atoms with Crippen LogP contribution in [-0.4, -0.2) is 5.67 Å². The second-order valence-corrected chi connectivity index (χ2v) is 4.92. The first-order valence-electron chi connectivity index (χ1n) is 5.22. The van der Waals surface area contributed by atoms with E-state index in [1.807, 2.05) is 0 Å². The monoisotopic (exact) mass is 192 g/mol. The number of benzene rings is 1. The third-order valence-electron chi connectivity index (χ3n) is 3.49. The molecular weight excluding hydrogens is 175 g/mol. The summed E-state index contributed by atoms with van der Waals surface area (Å²) in [5.74, 6) is 0. The maximum atomic E-state index is 14.0. The highest BCUT2D eigenvalue weighted by Crippen LogP contribution is 2.57. The Labute approximate surface area is 85.1 Å². The standard InChI is InChI=1S/C13H17F/c1-10-4-6-11(7-5-10)13(8-9-13)12(2,3)14/h4-7H,8-9H2,1-3H3. The minimum absolute atomic E-state index is 0.194. The second-order valence-electron chi connectivity index (χ2n) is 4.92. The molecule has 0 bridgehead atoms. The lowest BCUT2D eigenvalue weighted by molar-refractivity contribution is 0.156. The van der Waals surface area contributed by atoms with Gasteiger partial charge in [-0.05, 0) is 39.2 Å². The van der Waals surface area contributed by atoms with Crippen LogP contribution in [0.1, 0.15) is 37.8 Å². The van der Waals surface area contributed by atoms with Crippen molar-refractivity contribution in [2.45, 2.75) is 44.7 Å². The van der Waals surface area contributed by atoms with Crippen molar-refractivity contribution in [2.24, 2.45) is 0 Å². The van der Waals surface area contributed by atoms with Gasteiger partial charge in [-0.25, -0.2) is 4.39 Å². The van der Waals surface area contributed by atoms with Crippen LogP contribution in [0.4, 0.5) is 4.39 Å². The summed E-state index contributed by atoms with van der Waals surface area (Å²) in [6, 6.07) is 8.29. The topological polar surface area (TPSA) is 0 Å². The molecule has 14 heavy (non-hydrogen) atoms. The van der Waals surface area contributed by atoms with E-state index in [2.05, 4.69) is 31.2 Å². The van der Waals surface area contributed by atoms with Crippen LogP contribution in [0.2, 0.25) is 0 Å².